The second-order valence-electron chi connectivity index (χ2n) is 1.49. The fraction of sp³-hybridized carbons (Fsp3) is 1.00. The lowest BCUT2D eigenvalue weighted by Gasteiger charge is -2.12. The summed E-state index contributed by atoms with van der Waals surface area (Å²) in [6.07, 6.45) is 0. The Balaban J connectivity index is 3.37. The van der Waals surface area contributed by atoms with Crippen LogP contribution in [0.4, 0.5) is 0 Å². The van der Waals surface area contributed by atoms with Gasteiger partial charge < -0.3 is 19.4 Å². The Bertz CT molecular complexity index is 68.3. The molecule has 0 radical (unpaired) electrons. The molecule has 0 aromatic rings. The van der Waals surface area contributed by atoms with Gasteiger partial charge in [-0.3, -0.25) is 0 Å². The zero-order chi connectivity index (χ0) is 6.62. The van der Waals surface area contributed by atoms with Crippen LogP contribution in [0.5, 0.6) is 0 Å². The summed E-state index contributed by atoms with van der Waals surface area (Å²) < 4.78 is 4.49. The minimum absolute atomic E-state index is 0.205. The van der Waals surface area contributed by atoms with Crippen molar-refractivity contribution in [1.82, 2.24) is 0 Å². The van der Waals surface area contributed by atoms with Crippen molar-refractivity contribution in [2.45, 2.75) is 6.04 Å². The molecule has 0 spiro atoms. The second-order valence-corrected chi connectivity index (χ2v) is 5.11. The molecule has 0 aromatic carbocycles. The van der Waals surface area contributed by atoms with Gasteiger partial charge in [-0.25, -0.2) is 0 Å². The first-order chi connectivity index (χ1) is 3.62. The molecule has 0 saturated carbocycles. The van der Waals surface area contributed by atoms with Crippen LogP contribution in [0.3, 0.4) is 0 Å². The van der Waals surface area contributed by atoms with Crippen molar-refractivity contribution in [3.63, 3.8) is 0 Å². The molecular weight excluding hydrogens is 142 g/mol. The van der Waals surface area contributed by atoms with E-state index in [2.05, 4.69) is 4.12 Å². The van der Waals surface area contributed by atoms with Gasteiger partial charge in [-0.2, -0.15) is 0 Å². The third kappa shape index (κ3) is 3.30. The monoisotopic (exact) mass is 153 g/mol. The molecular formula is C2H11NO3Si2. The van der Waals surface area contributed by atoms with Gasteiger partial charge in [0.25, 0.3) is 0 Å². The molecule has 0 heterocycles. The van der Waals surface area contributed by atoms with Crippen LogP contribution < -0.4 is 5.73 Å². The highest BCUT2D eigenvalue weighted by atomic mass is 28.4. The summed E-state index contributed by atoms with van der Waals surface area (Å²) >= 11 is 0. The van der Waals surface area contributed by atoms with Gasteiger partial charge in [-0.1, -0.05) is 0 Å². The fourth-order valence-corrected chi connectivity index (χ4v) is 1.48. The molecule has 0 amide bonds. The van der Waals surface area contributed by atoms with Crippen molar-refractivity contribution in [3.05, 3.63) is 0 Å². The number of hydrogen-bond donors (Lipinski definition) is 3. The van der Waals surface area contributed by atoms with Crippen molar-refractivity contribution < 1.29 is 13.7 Å². The Morgan fingerprint density at radius 3 is 2.25 bits per heavy atom. The molecule has 0 rings (SSSR count). The van der Waals surface area contributed by atoms with Crippen LogP contribution in [0.2, 0.25) is 6.04 Å². The SMILES string of the molecule is NCC[Si](O)(O)O[SiH3]. The zero-order valence-corrected chi connectivity index (χ0v) is 7.79. The van der Waals surface area contributed by atoms with Crippen LogP contribution >= 0.6 is 0 Å². The van der Waals surface area contributed by atoms with Crippen LogP contribution in [-0.4, -0.2) is 35.4 Å². The smallest absolute Gasteiger partial charge is 0.425 e. The van der Waals surface area contributed by atoms with E-state index in [0.29, 0.717) is 10.5 Å². The second kappa shape index (κ2) is 3.33. The fourth-order valence-electron chi connectivity index (χ4n) is 0.290. The highest BCUT2D eigenvalue weighted by Gasteiger charge is 2.27. The van der Waals surface area contributed by atoms with Crippen LogP contribution in [-0.2, 0) is 4.12 Å². The van der Waals surface area contributed by atoms with Gasteiger partial charge in [0.2, 0.25) is 0 Å². The molecule has 4 nitrogen and oxygen atoms in total. The first kappa shape index (κ1) is 8.27. The van der Waals surface area contributed by atoms with E-state index in [1.807, 2.05) is 0 Å². The molecule has 8 heavy (non-hydrogen) atoms. The molecule has 0 aliphatic rings. The highest BCUT2D eigenvalue weighted by molar-refractivity contribution is 6.61. The maximum Gasteiger partial charge on any atom is 0.485 e. The van der Waals surface area contributed by atoms with Crippen molar-refractivity contribution in [1.29, 1.82) is 0 Å². The minimum atomic E-state index is -3.24. The topological polar surface area (TPSA) is 75.7 Å². The molecule has 6 heteroatoms. The van der Waals surface area contributed by atoms with E-state index >= 15 is 0 Å². The lowest BCUT2D eigenvalue weighted by molar-refractivity contribution is 0.249. The normalized spacial score (nSPS) is 12.4. The predicted molar refractivity (Wildman–Crippen MR) is 35.1 cm³/mol. The summed E-state index contributed by atoms with van der Waals surface area (Å²) in [5.74, 6) is 0. The van der Waals surface area contributed by atoms with E-state index in [-0.39, 0.29) is 12.6 Å². The molecule has 0 saturated heterocycles. The maximum absolute atomic E-state index is 8.75. The van der Waals surface area contributed by atoms with Crippen LogP contribution in [0.25, 0.3) is 0 Å². The third-order valence-corrected chi connectivity index (χ3v) is 4.35. The molecule has 0 fully saturated rings. The van der Waals surface area contributed by atoms with E-state index in [9.17, 15) is 0 Å². The Morgan fingerprint density at radius 1 is 1.62 bits per heavy atom. The molecule has 0 aliphatic heterocycles. The van der Waals surface area contributed by atoms with Gasteiger partial charge in [-0.05, 0) is 6.54 Å². The predicted octanol–water partition coefficient (Wildman–Crippen LogP) is -2.83. The number of nitrogens with two attached hydrogens (primary N) is 1. The Morgan fingerprint density at radius 2 is 2.12 bits per heavy atom. The number of hydrogen-bond acceptors (Lipinski definition) is 4. The summed E-state index contributed by atoms with van der Waals surface area (Å²) in [6.45, 7) is 0.279. The van der Waals surface area contributed by atoms with Gasteiger partial charge in [0.05, 0.1) is 0 Å². The molecule has 50 valence electrons. The van der Waals surface area contributed by atoms with E-state index in [4.69, 9.17) is 15.3 Å². The molecule has 0 unspecified atom stereocenters. The standard InChI is InChI=1S/C2H11NO3Si2/c3-1-2-8(4,5)6-7/h4-5H,1-3H2,7H3. The molecule has 0 atom stereocenters. The Labute approximate surface area is 52.2 Å². The third-order valence-electron chi connectivity index (χ3n) is 0.797. The lowest BCUT2D eigenvalue weighted by atomic mass is 10.8. The summed E-state index contributed by atoms with van der Waals surface area (Å²) in [7, 11) is -2.87. The maximum atomic E-state index is 8.75. The lowest BCUT2D eigenvalue weighted by Crippen LogP contribution is -2.39. The van der Waals surface area contributed by atoms with Gasteiger partial charge >= 0.3 is 8.80 Å². The Kier molecular flexibility index (Phi) is 3.44. The van der Waals surface area contributed by atoms with Crippen molar-refractivity contribution >= 4 is 19.3 Å². The summed E-state index contributed by atoms with van der Waals surface area (Å²) in [4.78, 5) is 17.5. The van der Waals surface area contributed by atoms with Gasteiger partial charge in [0.15, 0.2) is 0 Å². The average Bonchev–Trinajstić information content (AvgIpc) is 1.67. The zero-order valence-electron chi connectivity index (χ0n) is 4.79. The number of rotatable bonds is 3. The molecule has 0 aromatic heterocycles. The Hall–Kier alpha value is 0.274. The van der Waals surface area contributed by atoms with Gasteiger partial charge in [0, 0.05) is 6.04 Å². The van der Waals surface area contributed by atoms with E-state index in [1.165, 1.54) is 0 Å². The minimum Gasteiger partial charge on any atom is -0.425 e. The van der Waals surface area contributed by atoms with Gasteiger partial charge in [-0.15, -0.1) is 0 Å². The molecule has 0 aliphatic carbocycles. The van der Waals surface area contributed by atoms with Crippen LogP contribution in [0.1, 0.15) is 0 Å². The summed E-state index contributed by atoms with van der Waals surface area (Å²) in [5, 5.41) is 0. The highest BCUT2D eigenvalue weighted by Crippen LogP contribution is 1.97. The van der Waals surface area contributed by atoms with Crippen LogP contribution in [0.15, 0.2) is 0 Å². The summed E-state index contributed by atoms with van der Waals surface area (Å²) in [6, 6.07) is 0.205. The molecule has 0 bridgehead atoms. The molecule has 4 N–H and O–H groups in total. The van der Waals surface area contributed by atoms with Gasteiger partial charge in [0.1, 0.15) is 10.5 Å². The van der Waals surface area contributed by atoms with Crippen molar-refractivity contribution in [2.24, 2.45) is 5.73 Å². The van der Waals surface area contributed by atoms with E-state index in [0.717, 1.165) is 0 Å². The first-order valence-corrected chi connectivity index (χ1v) is 5.15. The largest absolute Gasteiger partial charge is 0.485 e. The first-order valence-electron chi connectivity index (χ1n) is 2.32. The van der Waals surface area contributed by atoms with Crippen LogP contribution in [0, 0.1) is 0 Å². The average molecular weight is 153 g/mol. The van der Waals surface area contributed by atoms with Crippen molar-refractivity contribution in [3.8, 4) is 0 Å². The van der Waals surface area contributed by atoms with Crippen molar-refractivity contribution in [2.75, 3.05) is 6.54 Å². The van der Waals surface area contributed by atoms with E-state index in [1.54, 1.807) is 0 Å². The summed E-state index contributed by atoms with van der Waals surface area (Å²) in [5.41, 5.74) is 5.04. The van der Waals surface area contributed by atoms with E-state index < -0.39 is 8.80 Å². The quantitative estimate of drug-likeness (QED) is 0.382.